The Labute approximate surface area is 160 Å². The highest BCUT2D eigenvalue weighted by Gasteiger charge is 2.34. The summed E-state index contributed by atoms with van der Waals surface area (Å²) in [5, 5.41) is 3.17. The summed E-state index contributed by atoms with van der Waals surface area (Å²) in [4.78, 5) is 12.3. The topological polar surface area (TPSA) is 38.3 Å². The lowest BCUT2D eigenvalue weighted by molar-refractivity contribution is -0.119. The normalized spacial score (nSPS) is 16.2. The number of ether oxygens (including phenoxy) is 1. The molecule has 0 unspecified atom stereocenters. The molecule has 3 nitrogen and oxygen atoms in total. The van der Waals surface area contributed by atoms with Gasteiger partial charge in [0, 0.05) is 30.9 Å². The lowest BCUT2D eigenvalue weighted by atomic mass is 9.74. The smallest absolute Gasteiger partial charge is 0.230 e. The van der Waals surface area contributed by atoms with Crippen molar-refractivity contribution in [2.75, 3.05) is 25.5 Å². The van der Waals surface area contributed by atoms with E-state index in [0.717, 1.165) is 31.8 Å². The van der Waals surface area contributed by atoms with E-state index in [1.807, 2.05) is 6.07 Å². The quantitative estimate of drug-likeness (QED) is 0.799. The maximum Gasteiger partial charge on any atom is 0.230 e. The molecule has 26 heavy (non-hydrogen) atoms. The van der Waals surface area contributed by atoms with Gasteiger partial charge in [0.15, 0.2) is 0 Å². The molecule has 1 heterocycles. The third-order valence-corrected chi connectivity index (χ3v) is 6.09. The van der Waals surface area contributed by atoms with E-state index in [0.29, 0.717) is 12.3 Å². The Bertz CT molecular complexity index is 694. The van der Waals surface area contributed by atoms with Gasteiger partial charge in [0.25, 0.3) is 0 Å². The first kappa shape index (κ1) is 19.0. The zero-order chi connectivity index (χ0) is 18.2. The van der Waals surface area contributed by atoms with Gasteiger partial charge in [-0.05, 0) is 30.9 Å². The van der Waals surface area contributed by atoms with Crippen molar-refractivity contribution >= 4 is 17.7 Å². The molecule has 1 aliphatic heterocycles. The molecule has 1 N–H and O–H groups in total. The molecule has 1 amide bonds. The Kier molecular flexibility index (Phi) is 6.75. The number of carbonyl (C=O) groups excluding carboxylic acids is 1. The summed E-state index contributed by atoms with van der Waals surface area (Å²) < 4.78 is 5.56. The van der Waals surface area contributed by atoms with Crippen molar-refractivity contribution in [2.45, 2.75) is 30.9 Å². The molecule has 0 bridgehead atoms. The van der Waals surface area contributed by atoms with Gasteiger partial charge in [-0.2, -0.15) is 0 Å². The lowest BCUT2D eigenvalue weighted by Crippen LogP contribution is -2.45. The molecule has 0 aliphatic carbocycles. The van der Waals surface area contributed by atoms with Crippen molar-refractivity contribution in [3.8, 4) is 0 Å². The average Bonchev–Trinajstić information content (AvgIpc) is 2.69. The maximum absolute atomic E-state index is 12.3. The summed E-state index contributed by atoms with van der Waals surface area (Å²) in [6.45, 7) is 4.29. The van der Waals surface area contributed by atoms with Gasteiger partial charge in [-0.1, -0.05) is 60.2 Å². The zero-order valence-electron chi connectivity index (χ0n) is 15.4. The van der Waals surface area contributed by atoms with Crippen LogP contribution in [0.25, 0.3) is 0 Å². The SMILES string of the molecule is Cc1ccc(CSCC(=O)NCC2(c3ccccc3)CCOCC2)cc1. The van der Waals surface area contributed by atoms with E-state index in [1.165, 1.54) is 16.7 Å². The standard InChI is InChI=1S/C22H27NO2S/c1-18-7-9-19(10-8-18)15-26-16-21(24)23-17-22(11-13-25-14-12-22)20-5-3-2-4-6-20/h2-10H,11-17H2,1H3,(H,23,24). The molecule has 0 spiro atoms. The summed E-state index contributed by atoms with van der Waals surface area (Å²) in [5.74, 6) is 1.48. The first-order chi connectivity index (χ1) is 12.7. The van der Waals surface area contributed by atoms with Crippen LogP contribution in [0.4, 0.5) is 0 Å². The van der Waals surface area contributed by atoms with Gasteiger partial charge in [0.2, 0.25) is 5.91 Å². The second kappa shape index (κ2) is 9.24. The molecule has 4 heteroatoms. The first-order valence-corrected chi connectivity index (χ1v) is 10.4. The van der Waals surface area contributed by atoms with Crippen molar-refractivity contribution in [1.29, 1.82) is 0 Å². The summed E-state index contributed by atoms with van der Waals surface area (Å²) >= 11 is 1.66. The minimum Gasteiger partial charge on any atom is -0.381 e. The molecule has 2 aromatic carbocycles. The fourth-order valence-corrected chi connectivity index (χ4v) is 4.20. The Morgan fingerprint density at radius 3 is 2.46 bits per heavy atom. The second-order valence-corrected chi connectivity index (χ2v) is 8.00. The first-order valence-electron chi connectivity index (χ1n) is 9.21. The number of hydrogen-bond donors (Lipinski definition) is 1. The van der Waals surface area contributed by atoms with Crippen molar-refractivity contribution in [2.24, 2.45) is 0 Å². The monoisotopic (exact) mass is 369 g/mol. The maximum atomic E-state index is 12.3. The number of amides is 1. The van der Waals surface area contributed by atoms with Crippen LogP contribution in [0.2, 0.25) is 0 Å². The summed E-state index contributed by atoms with van der Waals surface area (Å²) in [6.07, 6.45) is 1.90. The number of aryl methyl sites for hydroxylation is 1. The van der Waals surface area contributed by atoms with Crippen LogP contribution in [0.15, 0.2) is 54.6 Å². The van der Waals surface area contributed by atoms with E-state index in [4.69, 9.17) is 4.74 Å². The highest BCUT2D eigenvalue weighted by atomic mass is 32.2. The third kappa shape index (κ3) is 5.12. The van der Waals surface area contributed by atoms with E-state index < -0.39 is 0 Å². The molecule has 3 rings (SSSR count). The number of carbonyl (C=O) groups is 1. The molecule has 1 fully saturated rings. The number of hydrogen-bond acceptors (Lipinski definition) is 3. The highest BCUT2D eigenvalue weighted by molar-refractivity contribution is 7.99. The van der Waals surface area contributed by atoms with Crippen LogP contribution in [-0.2, 0) is 20.7 Å². The van der Waals surface area contributed by atoms with Crippen LogP contribution in [-0.4, -0.2) is 31.4 Å². The van der Waals surface area contributed by atoms with Crippen LogP contribution >= 0.6 is 11.8 Å². The van der Waals surface area contributed by atoms with E-state index in [-0.39, 0.29) is 11.3 Å². The van der Waals surface area contributed by atoms with Gasteiger partial charge >= 0.3 is 0 Å². The molecule has 1 saturated heterocycles. The van der Waals surface area contributed by atoms with Crippen LogP contribution in [0.1, 0.15) is 29.5 Å². The lowest BCUT2D eigenvalue weighted by Gasteiger charge is -2.38. The predicted molar refractivity (Wildman–Crippen MR) is 109 cm³/mol. The van der Waals surface area contributed by atoms with E-state index in [1.54, 1.807) is 11.8 Å². The Morgan fingerprint density at radius 2 is 1.77 bits per heavy atom. The number of rotatable bonds is 7. The molecule has 0 atom stereocenters. The van der Waals surface area contributed by atoms with E-state index in [2.05, 4.69) is 60.8 Å². The summed E-state index contributed by atoms with van der Waals surface area (Å²) in [7, 11) is 0. The van der Waals surface area contributed by atoms with Gasteiger partial charge in [-0.3, -0.25) is 4.79 Å². The molecular weight excluding hydrogens is 342 g/mol. The fraction of sp³-hybridized carbons (Fsp3) is 0.409. The molecule has 1 aliphatic rings. The molecule has 0 saturated carbocycles. The van der Waals surface area contributed by atoms with E-state index in [9.17, 15) is 4.79 Å². The van der Waals surface area contributed by atoms with Gasteiger partial charge < -0.3 is 10.1 Å². The van der Waals surface area contributed by atoms with Crippen LogP contribution in [0.5, 0.6) is 0 Å². The van der Waals surface area contributed by atoms with Gasteiger partial charge in [-0.15, -0.1) is 11.8 Å². The number of thioether (sulfide) groups is 1. The molecule has 2 aromatic rings. The fourth-order valence-electron chi connectivity index (χ4n) is 3.39. The summed E-state index contributed by atoms with van der Waals surface area (Å²) in [5.41, 5.74) is 3.82. The largest absolute Gasteiger partial charge is 0.381 e. The Morgan fingerprint density at radius 1 is 1.08 bits per heavy atom. The minimum absolute atomic E-state index is 0.00318. The van der Waals surface area contributed by atoms with Crippen LogP contribution < -0.4 is 5.32 Å². The average molecular weight is 370 g/mol. The van der Waals surface area contributed by atoms with Crippen molar-refractivity contribution < 1.29 is 9.53 Å². The van der Waals surface area contributed by atoms with Crippen molar-refractivity contribution in [1.82, 2.24) is 5.32 Å². The third-order valence-electron chi connectivity index (χ3n) is 5.08. The molecule has 138 valence electrons. The van der Waals surface area contributed by atoms with Crippen LogP contribution in [0.3, 0.4) is 0 Å². The number of nitrogens with one attached hydrogen (secondary N) is 1. The Hall–Kier alpha value is -1.78. The van der Waals surface area contributed by atoms with Crippen LogP contribution in [0, 0.1) is 6.92 Å². The highest BCUT2D eigenvalue weighted by Crippen LogP contribution is 2.34. The molecule has 0 aromatic heterocycles. The summed E-state index contributed by atoms with van der Waals surface area (Å²) in [6, 6.07) is 19.0. The molecular formula is C22H27NO2S. The van der Waals surface area contributed by atoms with Crippen molar-refractivity contribution in [3.63, 3.8) is 0 Å². The second-order valence-electron chi connectivity index (χ2n) is 7.01. The van der Waals surface area contributed by atoms with Crippen molar-refractivity contribution in [3.05, 3.63) is 71.3 Å². The number of benzene rings is 2. The van der Waals surface area contributed by atoms with E-state index >= 15 is 0 Å². The molecule has 0 radical (unpaired) electrons. The minimum atomic E-state index is -0.00318. The van der Waals surface area contributed by atoms with Gasteiger partial charge in [0.05, 0.1) is 5.75 Å². The zero-order valence-corrected chi connectivity index (χ0v) is 16.2. The van der Waals surface area contributed by atoms with Gasteiger partial charge in [0.1, 0.15) is 0 Å². The predicted octanol–water partition coefficient (Wildman–Crippen LogP) is 4.09. The Balaban J connectivity index is 1.50. The van der Waals surface area contributed by atoms with Gasteiger partial charge in [-0.25, -0.2) is 0 Å².